The maximum atomic E-state index is 13.9. The van der Waals surface area contributed by atoms with Crippen LogP contribution < -0.4 is 10.2 Å². The molecule has 0 aliphatic heterocycles. The van der Waals surface area contributed by atoms with Gasteiger partial charge < -0.3 is 5.32 Å². The summed E-state index contributed by atoms with van der Waals surface area (Å²) >= 11 is 12.8. The Morgan fingerprint density at radius 1 is 0.838 bits per heavy atom. The number of benzene rings is 3. The fourth-order valence-corrected chi connectivity index (χ4v) is 4.51. The Morgan fingerprint density at radius 3 is 1.97 bits per heavy atom. The van der Waals surface area contributed by atoms with Crippen molar-refractivity contribution < 1.29 is 9.59 Å². The van der Waals surface area contributed by atoms with Crippen LogP contribution in [-0.4, -0.2) is 19.5 Å². The average molecular weight is 642 g/mol. The summed E-state index contributed by atoms with van der Waals surface area (Å²) in [7, 11) is 0. The molecule has 4 aromatic rings. The highest BCUT2D eigenvalue weighted by Gasteiger charge is 2.41. The Morgan fingerprint density at radius 2 is 1.41 bits per heavy atom. The molecule has 5 nitrogen and oxygen atoms in total. The van der Waals surface area contributed by atoms with Gasteiger partial charge >= 0.3 is 0 Å². The second kappa shape index (κ2) is 12.0. The smallest absolute Gasteiger partial charge is 0.271 e. The monoisotopic (exact) mass is 639 g/mol. The van der Waals surface area contributed by atoms with Gasteiger partial charge in [0.25, 0.3) is 5.91 Å². The summed E-state index contributed by atoms with van der Waals surface area (Å²) in [6, 6.07) is 29.1. The van der Waals surface area contributed by atoms with Gasteiger partial charge in [-0.05, 0) is 73.7 Å². The molecule has 0 saturated heterocycles. The van der Waals surface area contributed by atoms with Crippen LogP contribution in [0.5, 0.6) is 0 Å². The third-order valence-corrected chi connectivity index (χ3v) is 6.72. The minimum atomic E-state index is -1.62. The van der Waals surface area contributed by atoms with Crippen LogP contribution in [0, 0.1) is 0 Å². The van der Waals surface area contributed by atoms with Gasteiger partial charge in [0, 0.05) is 23.6 Å². The lowest BCUT2D eigenvalue weighted by Gasteiger charge is -2.34. The number of carbonyl (C=O) groups excluding carboxylic acids is 2. The number of aromatic nitrogens is 1. The summed E-state index contributed by atoms with van der Waals surface area (Å²) < 4.78 is -1.62. The van der Waals surface area contributed by atoms with Crippen LogP contribution in [-0.2, 0) is 9.59 Å². The predicted octanol–water partition coefficient (Wildman–Crippen LogP) is 7.38. The first kappa shape index (κ1) is 27.0. The zero-order chi connectivity index (χ0) is 26.4. The largest absolute Gasteiger partial charge is 0.347 e. The summed E-state index contributed by atoms with van der Waals surface area (Å²) in [5, 5.41) is 3.05. The molecule has 0 spiro atoms. The number of rotatable bonds is 8. The van der Waals surface area contributed by atoms with E-state index in [4.69, 9.17) is 11.6 Å². The average Bonchev–Trinajstić information content (AvgIpc) is 2.92. The van der Waals surface area contributed by atoms with Crippen molar-refractivity contribution >= 4 is 61.0 Å². The van der Waals surface area contributed by atoms with Gasteiger partial charge in [-0.25, -0.2) is 0 Å². The fourth-order valence-electron chi connectivity index (χ4n) is 4.04. The fraction of sp³-hybridized carbons (Fsp3) is 0.138. The molecular weight excluding hydrogens is 618 g/mol. The van der Waals surface area contributed by atoms with Crippen molar-refractivity contribution in [3.05, 3.63) is 121 Å². The first-order valence-corrected chi connectivity index (χ1v) is 13.5. The van der Waals surface area contributed by atoms with Gasteiger partial charge in [0.05, 0.1) is 6.04 Å². The molecule has 0 radical (unpaired) electrons. The third kappa shape index (κ3) is 6.66. The lowest BCUT2D eigenvalue weighted by Crippen LogP contribution is -2.48. The minimum absolute atomic E-state index is 0.293. The summed E-state index contributed by atoms with van der Waals surface area (Å²) in [5.41, 5.74) is 4.01. The van der Waals surface area contributed by atoms with Crippen LogP contribution in [0.4, 0.5) is 5.69 Å². The maximum Gasteiger partial charge on any atom is 0.271 e. The van der Waals surface area contributed by atoms with E-state index in [1.165, 1.54) is 4.90 Å². The molecule has 2 atom stereocenters. The Kier molecular flexibility index (Phi) is 8.79. The predicted molar refractivity (Wildman–Crippen MR) is 156 cm³/mol. The summed E-state index contributed by atoms with van der Waals surface area (Å²) in [4.78, 5) is 33.1. The number of hydrogen-bond acceptors (Lipinski definition) is 3. The van der Waals surface area contributed by atoms with E-state index in [9.17, 15) is 9.59 Å². The summed E-state index contributed by atoms with van der Waals surface area (Å²) in [6.45, 7) is 1.90. The third-order valence-electron chi connectivity index (χ3n) is 5.88. The standard InChI is InChI=1S/C29H24Br2ClN3O2/c1-20(21-9-4-2-5-10-21)34-27(36)26(24-13-8-18-33-19-24)35(28(37)29(30,31)32)25-16-14-23(15-17-25)22-11-6-3-7-12-22/h2-20,26H,1H3,(H,34,36)/t20-,26-/m0/s1. The van der Waals surface area contributed by atoms with Crippen LogP contribution in [0.25, 0.3) is 11.1 Å². The van der Waals surface area contributed by atoms with E-state index < -0.39 is 14.6 Å². The summed E-state index contributed by atoms with van der Waals surface area (Å²) in [5.74, 6) is -0.927. The van der Waals surface area contributed by atoms with Gasteiger partial charge in [0.15, 0.2) is 0 Å². The number of nitrogens with one attached hydrogen (secondary N) is 1. The van der Waals surface area contributed by atoms with E-state index in [-0.39, 0.29) is 11.9 Å². The van der Waals surface area contributed by atoms with Gasteiger partial charge in [-0.2, -0.15) is 0 Å². The molecule has 0 aliphatic rings. The van der Waals surface area contributed by atoms with Gasteiger partial charge in [-0.15, -0.1) is 0 Å². The van der Waals surface area contributed by atoms with Gasteiger partial charge in [0.2, 0.25) is 8.60 Å². The topological polar surface area (TPSA) is 62.3 Å². The maximum absolute atomic E-state index is 13.9. The molecule has 3 aromatic carbocycles. The molecule has 0 saturated carbocycles. The van der Waals surface area contributed by atoms with Crippen molar-refractivity contribution in [3.8, 4) is 11.1 Å². The Balaban J connectivity index is 1.77. The van der Waals surface area contributed by atoms with Crippen LogP contribution >= 0.6 is 43.5 Å². The number of alkyl halides is 3. The Hall–Kier alpha value is -3.00. The van der Waals surface area contributed by atoms with Crippen molar-refractivity contribution in [2.45, 2.75) is 21.7 Å². The molecule has 0 unspecified atom stereocenters. The van der Waals surface area contributed by atoms with Crippen LogP contribution in [0.3, 0.4) is 0 Å². The molecule has 4 rings (SSSR count). The Labute approximate surface area is 238 Å². The highest BCUT2D eigenvalue weighted by Crippen LogP contribution is 2.39. The lowest BCUT2D eigenvalue weighted by atomic mass is 10.0. The van der Waals surface area contributed by atoms with Gasteiger partial charge in [-0.3, -0.25) is 19.5 Å². The molecule has 1 heterocycles. The molecule has 0 bridgehead atoms. The normalized spacial score (nSPS) is 12.9. The second-order valence-electron chi connectivity index (χ2n) is 8.42. The molecule has 0 fully saturated rings. The SMILES string of the molecule is C[C@H](NC(=O)[C@H](c1cccnc1)N(C(=O)C(Cl)(Br)Br)c1ccc(-c2ccccc2)cc1)c1ccccc1. The zero-order valence-electron chi connectivity index (χ0n) is 19.9. The zero-order valence-corrected chi connectivity index (χ0v) is 23.8. The lowest BCUT2D eigenvalue weighted by molar-refractivity contribution is -0.126. The van der Waals surface area contributed by atoms with Crippen molar-refractivity contribution in [3.63, 3.8) is 0 Å². The van der Waals surface area contributed by atoms with E-state index in [1.54, 1.807) is 36.7 Å². The molecule has 0 aliphatic carbocycles. The Bertz CT molecular complexity index is 1330. The number of amides is 2. The minimum Gasteiger partial charge on any atom is -0.347 e. The quantitative estimate of drug-likeness (QED) is 0.204. The van der Waals surface area contributed by atoms with Gasteiger partial charge in [0.1, 0.15) is 6.04 Å². The van der Waals surface area contributed by atoms with E-state index >= 15 is 0 Å². The van der Waals surface area contributed by atoms with E-state index in [0.717, 1.165) is 16.7 Å². The number of halogens is 3. The molecule has 1 N–H and O–H groups in total. The van der Waals surface area contributed by atoms with E-state index in [0.29, 0.717) is 11.3 Å². The van der Waals surface area contributed by atoms with Gasteiger partial charge in [-0.1, -0.05) is 90.5 Å². The van der Waals surface area contributed by atoms with Crippen molar-refractivity contribution in [2.75, 3.05) is 4.90 Å². The van der Waals surface area contributed by atoms with Crippen molar-refractivity contribution in [1.29, 1.82) is 0 Å². The first-order chi connectivity index (χ1) is 17.8. The highest BCUT2D eigenvalue weighted by atomic mass is 79.9. The van der Waals surface area contributed by atoms with Crippen LogP contribution in [0.15, 0.2) is 109 Å². The van der Waals surface area contributed by atoms with Crippen LogP contribution in [0.2, 0.25) is 0 Å². The molecule has 37 heavy (non-hydrogen) atoms. The number of carbonyl (C=O) groups is 2. The number of nitrogens with zero attached hydrogens (tertiary/aromatic N) is 2. The number of pyridine rings is 1. The summed E-state index contributed by atoms with van der Waals surface area (Å²) in [6.07, 6.45) is 3.20. The molecule has 2 amide bonds. The number of hydrogen-bond donors (Lipinski definition) is 1. The molecule has 188 valence electrons. The highest BCUT2D eigenvalue weighted by molar-refractivity contribution is 9.26. The van der Waals surface area contributed by atoms with Crippen LogP contribution in [0.1, 0.15) is 30.1 Å². The molecule has 8 heteroatoms. The van der Waals surface area contributed by atoms with Crippen molar-refractivity contribution in [2.24, 2.45) is 0 Å². The van der Waals surface area contributed by atoms with E-state index in [1.807, 2.05) is 79.7 Å². The molecular formula is C29H24Br2ClN3O2. The van der Waals surface area contributed by atoms with Crippen molar-refractivity contribution in [1.82, 2.24) is 10.3 Å². The number of anilines is 1. The molecule has 1 aromatic heterocycles. The second-order valence-corrected chi connectivity index (χ2v) is 13.3. The first-order valence-electron chi connectivity index (χ1n) is 11.6. The van der Waals surface area contributed by atoms with E-state index in [2.05, 4.69) is 42.2 Å².